The van der Waals surface area contributed by atoms with Gasteiger partial charge in [0.2, 0.25) is 11.8 Å². The number of nitrogens with one attached hydrogen (secondary N) is 2. The van der Waals surface area contributed by atoms with Gasteiger partial charge in [0.15, 0.2) is 0 Å². The molecule has 1 aliphatic rings. The highest BCUT2D eigenvalue weighted by atomic mass is 35.5. The number of hydrogen-bond donors (Lipinski definition) is 3. The summed E-state index contributed by atoms with van der Waals surface area (Å²) < 4.78 is 5.46. The van der Waals surface area contributed by atoms with Crippen molar-refractivity contribution in [2.24, 2.45) is 11.8 Å². The average molecular weight is 533 g/mol. The number of hydrogen-bond acceptors (Lipinski definition) is 5. The molecule has 2 amide bonds. The van der Waals surface area contributed by atoms with Crippen molar-refractivity contribution in [3.63, 3.8) is 0 Å². The van der Waals surface area contributed by atoms with Crippen LogP contribution < -0.4 is 10.6 Å². The molecule has 0 unspecified atom stereocenters. The molecule has 0 aromatic heterocycles. The molecule has 37 heavy (non-hydrogen) atoms. The number of ether oxygens (including phenoxy) is 1. The quantitative estimate of drug-likeness (QED) is 0.176. The Kier molecular flexibility index (Phi) is 14.6. The van der Waals surface area contributed by atoms with Gasteiger partial charge in [-0.15, -0.1) is 0 Å². The Hall–Kier alpha value is -2.90. The normalized spacial score (nSPS) is 19.8. The van der Waals surface area contributed by atoms with Crippen molar-refractivity contribution >= 4 is 29.4 Å². The third-order valence-electron chi connectivity index (χ3n) is 5.74. The monoisotopic (exact) mass is 532 g/mol. The van der Waals surface area contributed by atoms with Crippen LogP contribution >= 0.6 is 11.6 Å². The average Bonchev–Trinajstić information content (AvgIpc) is 2.82. The van der Waals surface area contributed by atoms with Gasteiger partial charge in [0.05, 0.1) is 6.10 Å². The zero-order valence-corrected chi connectivity index (χ0v) is 23.4. The van der Waals surface area contributed by atoms with Gasteiger partial charge >= 0.3 is 5.97 Å². The van der Waals surface area contributed by atoms with Gasteiger partial charge in [0.25, 0.3) is 0 Å². The maximum absolute atomic E-state index is 12.5. The molecule has 3 N–H and O–H groups in total. The van der Waals surface area contributed by atoms with Gasteiger partial charge in [-0.25, -0.2) is 4.79 Å². The summed E-state index contributed by atoms with van der Waals surface area (Å²) >= 11 is 5.75. The Balaban J connectivity index is 2.55. The Morgan fingerprint density at radius 2 is 1.86 bits per heavy atom. The van der Waals surface area contributed by atoms with E-state index >= 15 is 0 Å². The zero-order valence-electron chi connectivity index (χ0n) is 22.7. The predicted octanol–water partition coefficient (Wildman–Crippen LogP) is 5.00. The number of cyclic esters (lactones) is 1. The van der Waals surface area contributed by atoms with Crippen LogP contribution in [0.3, 0.4) is 0 Å². The van der Waals surface area contributed by atoms with E-state index in [-0.39, 0.29) is 35.7 Å². The van der Waals surface area contributed by atoms with Crippen molar-refractivity contribution in [3.05, 3.63) is 71.0 Å². The number of aliphatic hydroxyl groups excluding tert-OH is 1. The molecule has 0 aromatic rings. The minimum Gasteiger partial charge on any atom is -0.458 e. The molecule has 0 saturated heterocycles. The van der Waals surface area contributed by atoms with Crippen LogP contribution in [0, 0.1) is 11.8 Å². The third-order valence-corrected chi connectivity index (χ3v) is 5.89. The second-order valence-electron chi connectivity index (χ2n) is 9.61. The van der Waals surface area contributed by atoms with E-state index in [2.05, 4.69) is 10.6 Å². The van der Waals surface area contributed by atoms with Crippen molar-refractivity contribution in [2.75, 3.05) is 0 Å². The first-order chi connectivity index (χ1) is 17.4. The highest BCUT2D eigenvalue weighted by Crippen LogP contribution is 2.22. The lowest BCUT2D eigenvalue weighted by Crippen LogP contribution is -2.48. The summed E-state index contributed by atoms with van der Waals surface area (Å²) in [5.41, 5.74) is 1.62. The van der Waals surface area contributed by atoms with E-state index in [1.54, 1.807) is 38.2 Å². The molecule has 7 nitrogen and oxygen atoms in total. The largest absolute Gasteiger partial charge is 0.458 e. The summed E-state index contributed by atoms with van der Waals surface area (Å²) in [6.07, 6.45) is 16.1. The van der Waals surface area contributed by atoms with Crippen LogP contribution in [0.1, 0.15) is 60.8 Å². The van der Waals surface area contributed by atoms with Crippen LogP contribution in [-0.2, 0) is 19.1 Å². The molecule has 0 bridgehead atoms. The first-order valence-corrected chi connectivity index (χ1v) is 13.0. The second kappa shape index (κ2) is 16.8. The first kappa shape index (κ1) is 32.1. The summed E-state index contributed by atoms with van der Waals surface area (Å²) in [5.74, 6) is -1.06. The highest BCUT2D eigenvalue weighted by molar-refractivity contribution is 6.29. The van der Waals surface area contributed by atoms with Crippen LogP contribution in [0.5, 0.6) is 0 Å². The lowest BCUT2D eigenvalue weighted by molar-refractivity contribution is -0.147. The lowest BCUT2D eigenvalue weighted by Gasteiger charge is -2.25. The Bertz CT molecular complexity index is 971. The number of rotatable bonds is 13. The van der Waals surface area contributed by atoms with Gasteiger partial charge in [0.1, 0.15) is 12.1 Å². The van der Waals surface area contributed by atoms with Crippen molar-refractivity contribution in [1.82, 2.24) is 10.6 Å². The molecule has 4 atom stereocenters. The molecule has 0 fully saturated rings. The number of esters is 1. The van der Waals surface area contributed by atoms with E-state index in [1.165, 1.54) is 12.3 Å². The minimum absolute atomic E-state index is 0.0551. The molecule has 204 valence electrons. The molecule has 1 heterocycles. The Morgan fingerprint density at radius 3 is 2.49 bits per heavy atom. The molecule has 0 saturated carbocycles. The first-order valence-electron chi connectivity index (χ1n) is 12.6. The van der Waals surface area contributed by atoms with Gasteiger partial charge in [-0.1, -0.05) is 80.5 Å². The minimum atomic E-state index is -0.712. The molecule has 8 heteroatoms. The van der Waals surface area contributed by atoms with E-state index in [9.17, 15) is 19.5 Å². The third kappa shape index (κ3) is 13.3. The van der Waals surface area contributed by atoms with Crippen LogP contribution in [0.2, 0.25) is 0 Å². The number of halogens is 1. The van der Waals surface area contributed by atoms with Gasteiger partial charge in [0, 0.05) is 29.0 Å². The van der Waals surface area contributed by atoms with E-state index in [0.29, 0.717) is 29.9 Å². The van der Waals surface area contributed by atoms with Crippen molar-refractivity contribution < 1.29 is 24.2 Å². The maximum Gasteiger partial charge on any atom is 0.333 e. The number of allylic oxidation sites excluding steroid dienone is 5. The van der Waals surface area contributed by atoms with Crippen molar-refractivity contribution in [1.29, 1.82) is 0 Å². The van der Waals surface area contributed by atoms with Crippen LogP contribution in [0.4, 0.5) is 0 Å². The Morgan fingerprint density at radius 1 is 1.19 bits per heavy atom. The number of carbonyl (C=O) groups is 3. The fourth-order valence-electron chi connectivity index (χ4n) is 3.49. The summed E-state index contributed by atoms with van der Waals surface area (Å²) in [5, 5.41) is 15.9. The lowest BCUT2D eigenvalue weighted by atomic mass is 9.96. The molecular formula is C29H41ClN2O5. The van der Waals surface area contributed by atoms with Crippen LogP contribution in [0.25, 0.3) is 0 Å². The summed E-state index contributed by atoms with van der Waals surface area (Å²) in [4.78, 5) is 36.6. The standard InChI is InChI=1S/C29H41ClN2O5/c1-19(2)27(28(35)31-17-9-11-24(33)15-14-23(6)30)32-26(34)12-8-7-10-20(3)18-22(5)25-16-13-21(4)29(36)37-25/h7-10,12-14,17-19,22,24-25,27,33H,11,15-16H2,1-6H3,(H,31,35)(H,32,34)/b10-7-,12-8-,17-9-,20-18+,23-14+/t22-,24+,25-,27-/m0/s1. The Labute approximate surface area is 226 Å². The summed E-state index contributed by atoms with van der Waals surface area (Å²) in [6, 6.07) is -0.712. The van der Waals surface area contributed by atoms with E-state index < -0.39 is 12.1 Å². The predicted molar refractivity (Wildman–Crippen MR) is 148 cm³/mol. The molecular weight excluding hydrogens is 492 g/mol. The summed E-state index contributed by atoms with van der Waals surface area (Å²) in [7, 11) is 0. The smallest absolute Gasteiger partial charge is 0.333 e. The van der Waals surface area contributed by atoms with E-state index in [4.69, 9.17) is 16.3 Å². The molecule has 1 rings (SSSR count). The number of aliphatic hydroxyl groups is 1. The fraction of sp³-hybridized carbons (Fsp3) is 0.483. The number of amides is 2. The zero-order chi connectivity index (χ0) is 28.0. The van der Waals surface area contributed by atoms with Crippen LogP contribution in [-0.4, -0.2) is 41.1 Å². The van der Waals surface area contributed by atoms with Crippen molar-refractivity contribution in [3.8, 4) is 0 Å². The van der Waals surface area contributed by atoms with Crippen LogP contribution in [0.15, 0.2) is 71.0 Å². The topological polar surface area (TPSA) is 105 Å². The van der Waals surface area contributed by atoms with Gasteiger partial charge in [-0.3, -0.25) is 9.59 Å². The van der Waals surface area contributed by atoms with Gasteiger partial charge in [-0.2, -0.15) is 0 Å². The molecule has 0 aromatic carbocycles. The second-order valence-corrected chi connectivity index (χ2v) is 10.2. The molecule has 0 spiro atoms. The summed E-state index contributed by atoms with van der Waals surface area (Å²) in [6.45, 7) is 11.1. The maximum atomic E-state index is 12.5. The van der Waals surface area contributed by atoms with Gasteiger partial charge < -0.3 is 20.5 Å². The van der Waals surface area contributed by atoms with Crippen molar-refractivity contribution in [2.45, 2.75) is 79.1 Å². The van der Waals surface area contributed by atoms with E-state index in [1.807, 2.05) is 45.9 Å². The highest BCUT2D eigenvalue weighted by Gasteiger charge is 2.24. The molecule has 0 aliphatic carbocycles. The van der Waals surface area contributed by atoms with Gasteiger partial charge in [-0.05, 0) is 45.7 Å². The van der Waals surface area contributed by atoms with E-state index in [0.717, 1.165) is 5.57 Å². The fourth-order valence-corrected chi connectivity index (χ4v) is 3.58. The number of carbonyl (C=O) groups excluding carboxylic acids is 3. The SMILES string of the molecule is CC1=CC[C@@H]([C@@H](C)/C=C(C)/C=C\C=C/C(=O)N[C@H](C(=O)N/C=C\C[C@@H](O)C/C=C(\C)Cl)C(C)C)OC1=O. The molecule has 1 aliphatic heterocycles. The molecule has 0 radical (unpaired) electrons.